The molecule has 1 aliphatic rings. The van der Waals surface area contributed by atoms with Crippen molar-refractivity contribution in [2.24, 2.45) is 0 Å². The van der Waals surface area contributed by atoms with Gasteiger partial charge in [-0.05, 0) is 101 Å². The minimum Gasteiger partial charge on any atom is -0.228 e. The monoisotopic (exact) mass is 774 g/mol. The predicted molar refractivity (Wildman–Crippen MR) is 254 cm³/mol. The summed E-state index contributed by atoms with van der Waals surface area (Å²) in [7, 11) is 0. The van der Waals surface area contributed by atoms with Gasteiger partial charge in [-0.3, -0.25) is 0 Å². The van der Waals surface area contributed by atoms with Crippen LogP contribution in [0.15, 0.2) is 231 Å². The molecule has 0 fully saturated rings. The molecule has 10 aromatic carbocycles. The number of fused-ring (bicyclic) bond motifs is 7. The highest BCUT2D eigenvalue weighted by Crippen LogP contribution is 2.56. The first-order valence-corrected chi connectivity index (χ1v) is 21.0. The van der Waals surface area contributed by atoms with E-state index in [-0.39, 0.29) is 0 Å². The normalized spacial score (nSPS) is 12.7. The quantitative estimate of drug-likeness (QED) is 0.124. The second kappa shape index (κ2) is 14.1. The Balaban J connectivity index is 1.06. The molecule has 2 heteroatoms. The zero-order valence-corrected chi connectivity index (χ0v) is 33.3. The van der Waals surface area contributed by atoms with Crippen molar-refractivity contribution in [3.8, 4) is 56.2 Å². The summed E-state index contributed by atoms with van der Waals surface area (Å²) in [6, 6.07) is 83.5. The molecule has 1 heterocycles. The van der Waals surface area contributed by atoms with Gasteiger partial charge in [0.25, 0.3) is 0 Å². The van der Waals surface area contributed by atoms with E-state index in [1.807, 2.05) is 6.07 Å². The lowest BCUT2D eigenvalue weighted by atomic mass is 9.67. The van der Waals surface area contributed by atoms with Gasteiger partial charge in [-0.1, -0.05) is 206 Å². The van der Waals surface area contributed by atoms with E-state index in [2.05, 4.69) is 224 Å². The van der Waals surface area contributed by atoms with Gasteiger partial charge in [0, 0.05) is 16.7 Å². The number of hydrogen-bond donors (Lipinski definition) is 0. The van der Waals surface area contributed by atoms with E-state index >= 15 is 0 Å². The first-order valence-electron chi connectivity index (χ1n) is 21.0. The second-order valence-electron chi connectivity index (χ2n) is 16.1. The zero-order valence-electron chi connectivity index (χ0n) is 33.3. The van der Waals surface area contributed by atoms with Crippen molar-refractivity contribution in [2.75, 3.05) is 0 Å². The summed E-state index contributed by atoms with van der Waals surface area (Å²) in [6.07, 6.45) is 0. The first kappa shape index (κ1) is 35.0. The Hall–Kier alpha value is -7.94. The van der Waals surface area contributed by atoms with E-state index in [9.17, 15) is 0 Å². The fraction of sp³-hybridized carbons (Fsp3) is 0.0169. The fourth-order valence-electron chi connectivity index (χ4n) is 10.0. The number of nitrogens with zero attached hydrogens (tertiary/aromatic N) is 2. The van der Waals surface area contributed by atoms with E-state index in [0.29, 0.717) is 5.82 Å². The van der Waals surface area contributed by atoms with Gasteiger partial charge in [0.1, 0.15) is 0 Å². The smallest absolute Gasteiger partial charge is 0.160 e. The van der Waals surface area contributed by atoms with Gasteiger partial charge in [-0.25, -0.2) is 9.97 Å². The van der Waals surface area contributed by atoms with Gasteiger partial charge >= 0.3 is 0 Å². The maximum Gasteiger partial charge on any atom is 0.160 e. The standard InChI is InChI=1S/C59H38N2/c1-4-18-40(19-5-1)58-60-55(42-21-16-22-44(35-42)57-48-28-13-11-20-41(48)36-51-47-27-12-10-17-39(47)31-33-50(51)57)38-56(61-58)43-32-34-54-52(37-43)49-29-14-15-30-53(49)59(54,45-23-6-2-7-24-45)46-25-8-3-9-26-46/h1-38H. The molecular formula is C59H38N2. The van der Waals surface area contributed by atoms with Crippen LogP contribution in [0.4, 0.5) is 0 Å². The summed E-state index contributed by atoms with van der Waals surface area (Å²) >= 11 is 0. The molecule has 12 rings (SSSR count). The van der Waals surface area contributed by atoms with Crippen LogP contribution < -0.4 is 0 Å². The molecule has 2 nitrogen and oxygen atoms in total. The molecule has 0 bridgehead atoms. The topological polar surface area (TPSA) is 25.8 Å². The third-order valence-electron chi connectivity index (χ3n) is 12.7. The minimum absolute atomic E-state index is 0.461. The van der Waals surface area contributed by atoms with Crippen LogP contribution in [0.3, 0.4) is 0 Å². The number of aromatic nitrogens is 2. The zero-order chi connectivity index (χ0) is 40.3. The summed E-state index contributed by atoms with van der Waals surface area (Å²) in [5, 5.41) is 7.46. The van der Waals surface area contributed by atoms with Gasteiger partial charge in [0.15, 0.2) is 5.82 Å². The SMILES string of the molecule is c1ccc(-c2nc(-c3cccc(-c4c5ccccc5cc5c4ccc4ccccc45)c3)cc(-c3ccc4c(c3)-c3ccccc3C4(c3ccccc3)c3ccccc3)n2)cc1. The molecular weight excluding hydrogens is 737 g/mol. The Labute approximate surface area is 355 Å². The molecule has 61 heavy (non-hydrogen) atoms. The molecule has 0 unspecified atom stereocenters. The van der Waals surface area contributed by atoms with E-state index in [4.69, 9.17) is 9.97 Å². The van der Waals surface area contributed by atoms with Crippen molar-refractivity contribution >= 4 is 32.3 Å². The van der Waals surface area contributed by atoms with Crippen LogP contribution >= 0.6 is 0 Å². The summed E-state index contributed by atoms with van der Waals surface area (Å²) in [5.41, 5.74) is 14.3. The molecule has 0 atom stereocenters. The van der Waals surface area contributed by atoms with E-state index in [1.54, 1.807) is 0 Å². The second-order valence-corrected chi connectivity index (χ2v) is 16.1. The van der Waals surface area contributed by atoms with Gasteiger partial charge in [-0.2, -0.15) is 0 Å². The molecule has 0 aliphatic heterocycles. The lowest BCUT2D eigenvalue weighted by Gasteiger charge is -2.33. The average Bonchev–Trinajstić information content (AvgIpc) is 3.64. The van der Waals surface area contributed by atoms with E-state index in [1.165, 1.54) is 71.3 Å². The summed E-state index contributed by atoms with van der Waals surface area (Å²) in [5.74, 6) is 0.699. The maximum atomic E-state index is 5.31. The van der Waals surface area contributed by atoms with Gasteiger partial charge < -0.3 is 0 Å². The van der Waals surface area contributed by atoms with Crippen LogP contribution in [-0.4, -0.2) is 9.97 Å². The molecule has 0 radical (unpaired) electrons. The molecule has 0 saturated carbocycles. The van der Waals surface area contributed by atoms with Crippen molar-refractivity contribution in [3.05, 3.63) is 253 Å². The lowest BCUT2D eigenvalue weighted by molar-refractivity contribution is 0.768. The molecule has 0 spiro atoms. The highest BCUT2D eigenvalue weighted by molar-refractivity contribution is 6.20. The van der Waals surface area contributed by atoms with Gasteiger partial charge in [-0.15, -0.1) is 0 Å². The predicted octanol–water partition coefficient (Wildman–Crippen LogP) is 15.0. The Morgan fingerprint density at radius 3 is 1.62 bits per heavy atom. The van der Waals surface area contributed by atoms with Crippen molar-refractivity contribution in [1.29, 1.82) is 0 Å². The third kappa shape index (κ3) is 5.57. The Morgan fingerprint density at radius 2 is 0.869 bits per heavy atom. The van der Waals surface area contributed by atoms with Gasteiger partial charge in [0.2, 0.25) is 0 Å². The summed E-state index contributed by atoms with van der Waals surface area (Å²) < 4.78 is 0. The molecule has 1 aromatic heterocycles. The summed E-state index contributed by atoms with van der Waals surface area (Å²) in [6.45, 7) is 0. The maximum absolute atomic E-state index is 5.31. The molecule has 0 amide bonds. The van der Waals surface area contributed by atoms with Crippen molar-refractivity contribution in [3.63, 3.8) is 0 Å². The third-order valence-corrected chi connectivity index (χ3v) is 12.7. The van der Waals surface area contributed by atoms with Crippen LogP contribution in [0, 0.1) is 0 Å². The van der Waals surface area contributed by atoms with Crippen LogP contribution in [0.5, 0.6) is 0 Å². The minimum atomic E-state index is -0.461. The molecule has 0 saturated heterocycles. The van der Waals surface area contributed by atoms with Crippen LogP contribution in [0.2, 0.25) is 0 Å². The fourth-order valence-corrected chi connectivity index (χ4v) is 10.0. The largest absolute Gasteiger partial charge is 0.228 e. The number of rotatable bonds is 6. The lowest BCUT2D eigenvalue weighted by Crippen LogP contribution is -2.28. The Bertz CT molecular complexity index is 3420. The molecule has 284 valence electrons. The Morgan fingerprint density at radius 1 is 0.295 bits per heavy atom. The van der Waals surface area contributed by atoms with E-state index in [0.717, 1.165) is 33.6 Å². The van der Waals surface area contributed by atoms with Gasteiger partial charge in [0.05, 0.1) is 16.8 Å². The average molecular weight is 775 g/mol. The van der Waals surface area contributed by atoms with Crippen LogP contribution in [0.25, 0.3) is 88.5 Å². The van der Waals surface area contributed by atoms with Crippen molar-refractivity contribution in [1.82, 2.24) is 9.97 Å². The van der Waals surface area contributed by atoms with Crippen molar-refractivity contribution in [2.45, 2.75) is 5.41 Å². The van der Waals surface area contributed by atoms with Crippen molar-refractivity contribution < 1.29 is 0 Å². The summed E-state index contributed by atoms with van der Waals surface area (Å²) in [4.78, 5) is 10.6. The highest BCUT2D eigenvalue weighted by Gasteiger charge is 2.46. The Kier molecular flexibility index (Phi) is 8.11. The highest BCUT2D eigenvalue weighted by atomic mass is 14.9. The molecule has 0 N–H and O–H groups in total. The first-order chi connectivity index (χ1) is 30.2. The van der Waals surface area contributed by atoms with Crippen LogP contribution in [0.1, 0.15) is 22.3 Å². The van der Waals surface area contributed by atoms with E-state index < -0.39 is 5.41 Å². The molecule has 11 aromatic rings. The van der Waals surface area contributed by atoms with Crippen LogP contribution in [-0.2, 0) is 5.41 Å². The number of hydrogen-bond acceptors (Lipinski definition) is 2. The molecule has 1 aliphatic carbocycles. The number of benzene rings is 10.